The van der Waals surface area contributed by atoms with Crippen LogP contribution in [0.4, 0.5) is 0 Å². The second-order valence-electron chi connectivity index (χ2n) is 21.1. The Labute approximate surface area is 483 Å². The molecule has 12 aromatic carbocycles. The maximum atomic E-state index is 15.8. The zero-order chi connectivity index (χ0) is 53.8. The normalized spacial score (nSPS) is 13.9. The van der Waals surface area contributed by atoms with Crippen LogP contribution in [0.1, 0.15) is 44.5 Å². The van der Waals surface area contributed by atoms with Gasteiger partial charge in [0.25, 0.3) is 0 Å². The third-order valence-corrected chi connectivity index (χ3v) is 24.4. The van der Waals surface area contributed by atoms with E-state index >= 15 is 9.13 Å². The highest BCUT2D eigenvalue weighted by Gasteiger charge is 2.54. The molecule has 0 aromatic heterocycles. The van der Waals surface area contributed by atoms with Crippen LogP contribution >= 0.6 is 46.1 Å². The van der Waals surface area contributed by atoms with E-state index in [1.165, 1.54) is 66.8 Å². The van der Waals surface area contributed by atoms with E-state index in [0.29, 0.717) is 0 Å². The zero-order valence-electron chi connectivity index (χ0n) is 43.2. The van der Waals surface area contributed by atoms with Crippen molar-refractivity contribution in [1.82, 2.24) is 0 Å². The molecule has 12 aromatic rings. The van der Waals surface area contributed by atoms with Crippen LogP contribution in [0.15, 0.2) is 300 Å². The Balaban J connectivity index is 0.000000170. The van der Waals surface area contributed by atoms with Crippen molar-refractivity contribution in [3.05, 3.63) is 345 Å². The molecule has 2 spiro atoms. The summed E-state index contributed by atoms with van der Waals surface area (Å²) in [5.74, 6) is 0. The number of rotatable bonds is 6. The largest absolute Gasteiger partial charge is 0.309 e. The molecule has 0 bridgehead atoms. The predicted octanol–water partition coefficient (Wildman–Crippen LogP) is 16.9. The molecule has 0 unspecified atom stereocenters. The summed E-state index contributed by atoms with van der Waals surface area (Å²) in [5.41, 5.74) is 19.0. The summed E-state index contributed by atoms with van der Waals surface area (Å²) in [6.07, 6.45) is 0. The average molecular weight is 1190 g/mol. The zero-order valence-corrected chi connectivity index (χ0v) is 48.1. The molecule has 2 nitrogen and oxygen atoms in total. The Morgan fingerprint density at radius 3 is 0.725 bits per heavy atom. The van der Waals surface area contributed by atoms with E-state index in [0.717, 1.165) is 63.0 Å². The summed E-state index contributed by atoms with van der Waals surface area (Å²) >= 11 is 7.45. The molecule has 0 aliphatic heterocycles. The molecule has 6 heteroatoms. The molecule has 0 N–H and O–H groups in total. The van der Waals surface area contributed by atoms with Crippen molar-refractivity contribution in [2.75, 3.05) is 0 Å². The Hall–Kier alpha value is -7.94. The van der Waals surface area contributed by atoms with Gasteiger partial charge in [-0.2, -0.15) is 0 Å². The Morgan fingerprint density at radius 1 is 0.212 bits per heavy atom. The van der Waals surface area contributed by atoms with E-state index in [1.807, 2.05) is 121 Å². The quantitative estimate of drug-likeness (QED) is 0.156. The maximum Gasteiger partial charge on any atom is 0.171 e. The van der Waals surface area contributed by atoms with Gasteiger partial charge in [0, 0.05) is 40.8 Å². The number of benzene rings is 12. The fourth-order valence-electron chi connectivity index (χ4n) is 14.0. The van der Waals surface area contributed by atoms with Crippen molar-refractivity contribution in [1.29, 1.82) is 0 Å². The van der Waals surface area contributed by atoms with Crippen LogP contribution in [-0.4, -0.2) is 0 Å². The Morgan fingerprint density at radius 2 is 0.438 bits per heavy atom. The van der Waals surface area contributed by atoms with Crippen LogP contribution in [-0.2, 0) is 20.0 Å². The van der Waals surface area contributed by atoms with Gasteiger partial charge in [-0.1, -0.05) is 287 Å². The minimum absolute atomic E-state index is 0.259. The van der Waals surface area contributed by atoms with Gasteiger partial charge in [-0.25, -0.2) is 0 Å². The second kappa shape index (κ2) is 18.8. The van der Waals surface area contributed by atoms with E-state index in [2.05, 4.69) is 202 Å². The lowest BCUT2D eigenvalue weighted by molar-refractivity contribution is 0.591. The lowest BCUT2D eigenvalue weighted by Gasteiger charge is -2.32. The maximum absolute atomic E-state index is 15.8. The van der Waals surface area contributed by atoms with Crippen molar-refractivity contribution < 1.29 is 9.13 Å². The predicted molar refractivity (Wildman–Crippen MR) is 340 cm³/mol. The van der Waals surface area contributed by atoms with Gasteiger partial charge in [0.05, 0.1) is 10.8 Å². The van der Waals surface area contributed by atoms with Crippen LogP contribution in [0.2, 0.25) is 0 Å². The van der Waals surface area contributed by atoms with Crippen LogP contribution in [0.5, 0.6) is 0 Å². The standard InChI is InChI=1S/C49H34O2P2.C25H14Br2/c50-52(35-17-5-1-6-18-35,36-19-7-2-8-20-36)39-29-31-43-44-32-30-40(53(51,37-21-9-3-10-22-37)38-23-11-4-12-24-38)34-48(44)49(47(43)33-39)45-27-15-13-25-41(45)42-26-14-16-28-46(42)49;26-15-9-11-19-20-12-10-16(27)14-24(20)25(23(19)13-15)21-7-3-1-5-17(21)18-6-2-4-8-22(18)25/h1-34H;1-14H. The summed E-state index contributed by atoms with van der Waals surface area (Å²) in [5, 5.41) is 4.80. The first-order valence-electron chi connectivity index (χ1n) is 27.0. The van der Waals surface area contributed by atoms with Crippen LogP contribution < -0.4 is 31.8 Å². The molecule has 4 aliphatic rings. The molecule has 0 saturated carbocycles. The molecule has 380 valence electrons. The molecule has 0 amide bonds. The van der Waals surface area contributed by atoms with Crippen molar-refractivity contribution in [2.45, 2.75) is 10.8 Å². The van der Waals surface area contributed by atoms with Crippen molar-refractivity contribution in [3.63, 3.8) is 0 Å². The Bertz CT molecular complexity index is 4200. The van der Waals surface area contributed by atoms with Gasteiger partial charge in [0.15, 0.2) is 14.3 Å². The molecule has 0 heterocycles. The van der Waals surface area contributed by atoms with Crippen molar-refractivity contribution >= 4 is 78.0 Å². The Kier molecular flexibility index (Phi) is 11.6. The molecular formula is C74H48Br2O2P2. The summed E-state index contributed by atoms with van der Waals surface area (Å²) in [4.78, 5) is 0. The first kappa shape index (κ1) is 49.1. The van der Waals surface area contributed by atoms with Crippen LogP contribution in [0.3, 0.4) is 0 Å². The molecule has 0 atom stereocenters. The van der Waals surface area contributed by atoms with E-state index in [4.69, 9.17) is 0 Å². The SMILES string of the molecule is Brc1ccc2c(c1)C1(c3ccccc3-c3ccccc31)c1cc(Br)ccc1-2.O=P(c1ccccc1)(c1ccccc1)c1ccc2c(c1)C1(c3ccccc3-c3ccccc31)c1cc(P(=O)(c3ccccc3)c3ccccc3)ccc1-2. The summed E-state index contributed by atoms with van der Waals surface area (Å²) in [6, 6.07) is 101. The molecule has 0 fully saturated rings. The average Bonchev–Trinajstić information content (AvgIpc) is 2.59. The third kappa shape index (κ3) is 6.90. The van der Waals surface area contributed by atoms with E-state index in [9.17, 15) is 0 Å². The lowest BCUT2D eigenvalue weighted by Crippen LogP contribution is -2.31. The van der Waals surface area contributed by atoms with E-state index in [1.54, 1.807) is 0 Å². The number of halogens is 2. The molecule has 16 rings (SSSR count). The summed E-state index contributed by atoms with van der Waals surface area (Å²) < 4.78 is 33.9. The molecule has 4 aliphatic carbocycles. The lowest BCUT2D eigenvalue weighted by atomic mass is 9.70. The minimum atomic E-state index is -3.29. The van der Waals surface area contributed by atoms with Crippen LogP contribution in [0, 0.1) is 0 Å². The molecular weight excluding hydrogens is 1140 g/mol. The van der Waals surface area contributed by atoms with E-state index < -0.39 is 19.7 Å². The van der Waals surface area contributed by atoms with E-state index in [-0.39, 0.29) is 5.41 Å². The topological polar surface area (TPSA) is 34.1 Å². The van der Waals surface area contributed by atoms with Crippen LogP contribution in [0.25, 0.3) is 44.5 Å². The summed E-state index contributed by atoms with van der Waals surface area (Å²) in [7, 11) is -6.58. The minimum Gasteiger partial charge on any atom is -0.309 e. The van der Waals surface area contributed by atoms with Crippen molar-refractivity contribution in [2.24, 2.45) is 0 Å². The fourth-order valence-corrected chi connectivity index (χ4v) is 20.1. The monoisotopic (exact) mass is 1190 g/mol. The second-order valence-corrected chi connectivity index (χ2v) is 28.4. The van der Waals surface area contributed by atoms with Crippen molar-refractivity contribution in [3.8, 4) is 44.5 Å². The molecule has 80 heavy (non-hydrogen) atoms. The molecule has 0 radical (unpaired) electrons. The third-order valence-electron chi connectivity index (χ3n) is 17.3. The number of hydrogen-bond acceptors (Lipinski definition) is 2. The van der Waals surface area contributed by atoms with Gasteiger partial charge >= 0.3 is 0 Å². The molecule has 0 saturated heterocycles. The summed E-state index contributed by atoms with van der Waals surface area (Å²) in [6.45, 7) is 0. The highest BCUT2D eigenvalue weighted by atomic mass is 79.9. The van der Waals surface area contributed by atoms with Gasteiger partial charge in [0.1, 0.15) is 0 Å². The first-order valence-corrected chi connectivity index (χ1v) is 32.0. The van der Waals surface area contributed by atoms with Gasteiger partial charge in [0.2, 0.25) is 0 Å². The van der Waals surface area contributed by atoms with Gasteiger partial charge in [-0.15, -0.1) is 0 Å². The number of hydrogen-bond donors (Lipinski definition) is 0. The first-order chi connectivity index (χ1) is 39.3. The number of fused-ring (bicyclic) bond motifs is 20. The van der Waals surface area contributed by atoms with Gasteiger partial charge < -0.3 is 9.13 Å². The smallest absolute Gasteiger partial charge is 0.171 e. The highest BCUT2D eigenvalue weighted by molar-refractivity contribution is 9.10. The fraction of sp³-hybridized carbons (Fsp3) is 0.0270. The van der Waals surface area contributed by atoms with Gasteiger partial charge in [-0.3, -0.25) is 0 Å². The highest BCUT2D eigenvalue weighted by Crippen LogP contribution is 2.65. The van der Waals surface area contributed by atoms with Gasteiger partial charge in [-0.05, 0) is 125 Å².